The molecule has 0 aliphatic carbocycles. The second-order valence-electron chi connectivity index (χ2n) is 6.59. The SMILES string of the molecule is CCC1(C)CC2(CCO1)CC(NC)c1ccc(F)cc1O2. The second-order valence-corrected chi connectivity index (χ2v) is 6.59. The van der Waals surface area contributed by atoms with Crippen molar-refractivity contribution in [3.05, 3.63) is 29.6 Å². The van der Waals surface area contributed by atoms with Gasteiger partial charge in [-0.2, -0.15) is 0 Å². The van der Waals surface area contributed by atoms with Gasteiger partial charge >= 0.3 is 0 Å². The van der Waals surface area contributed by atoms with E-state index in [4.69, 9.17) is 9.47 Å². The van der Waals surface area contributed by atoms with Crippen molar-refractivity contribution < 1.29 is 13.9 Å². The monoisotopic (exact) mass is 293 g/mol. The average Bonchev–Trinajstić information content (AvgIpc) is 2.45. The number of hydrogen-bond acceptors (Lipinski definition) is 3. The van der Waals surface area contributed by atoms with E-state index in [9.17, 15) is 4.39 Å². The molecule has 3 nitrogen and oxygen atoms in total. The lowest BCUT2D eigenvalue weighted by molar-refractivity contribution is -0.152. The Morgan fingerprint density at radius 2 is 2.24 bits per heavy atom. The normalized spacial score (nSPS) is 35.3. The molecule has 116 valence electrons. The van der Waals surface area contributed by atoms with Gasteiger partial charge in [0.1, 0.15) is 17.2 Å². The maximum absolute atomic E-state index is 13.6. The van der Waals surface area contributed by atoms with Crippen LogP contribution >= 0.6 is 0 Å². The Morgan fingerprint density at radius 1 is 1.43 bits per heavy atom. The van der Waals surface area contributed by atoms with E-state index in [0.29, 0.717) is 12.4 Å². The Morgan fingerprint density at radius 3 is 2.95 bits per heavy atom. The lowest BCUT2D eigenvalue weighted by atomic mass is 9.75. The van der Waals surface area contributed by atoms with E-state index in [1.807, 2.05) is 13.1 Å². The molecular formula is C17H24FNO2. The molecule has 3 unspecified atom stereocenters. The Balaban J connectivity index is 1.95. The van der Waals surface area contributed by atoms with Crippen LogP contribution in [-0.2, 0) is 4.74 Å². The van der Waals surface area contributed by atoms with Crippen molar-refractivity contribution in [3.63, 3.8) is 0 Å². The molecule has 2 aliphatic heterocycles. The molecule has 0 aromatic heterocycles. The van der Waals surface area contributed by atoms with Crippen LogP contribution in [-0.4, -0.2) is 24.9 Å². The molecule has 3 rings (SSSR count). The Hall–Kier alpha value is -1.13. The van der Waals surface area contributed by atoms with Crippen LogP contribution in [0.3, 0.4) is 0 Å². The zero-order valence-corrected chi connectivity index (χ0v) is 13.0. The van der Waals surface area contributed by atoms with Gasteiger partial charge in [-0.05, 0) is 26.5 Å². The first-order valence-electron chi connectivity index (χ1n) is 7.79. The van der Waals surface area contributed by atoms with E-state index in [0.717, 1.165) is 31.2 Å². The predicted molar refractivity (Wildman–Crippen MR) is 80.1 cm³/mol. The summed E-state index contributed by atoms with van der Waals surface area (Å²) in [5, 5.41) is 3.35. The van der Waals surface area contributed by atoms with Crippen molar-refractivity contribution in [2.75, 3.05) is 13.7 Å². The minimum Gasteiger partial charge on any atom is -0.487 e. The van der Waals surface area contributed by atoms with Crippen molar-refractivity contribution >= 4 is 0 Å². The molecule has 1 N–H and O–H groups in total. The van der Waals surface area contributed by atoms with Crippen molar-refractivity contribution in [1.82, 2.24) is 5.32 Å². The van der Waals surface area contributed by atoms with E-state index < -0.39 is 0 Å². The number of ether oxygens (including phenoxy) is 2. The number of benzene rings is 1. The summed E-state index contributed by atoms with van der Waals surface area (Å²) >= 11 is 0. The van der Waals surface area contributed by atoms with Gasteiger partial charge in [0.25, 0.3) is 0 Å². The number of hydrogen-bond donors (Lipinski definition) is 1. The summed E-state index contributed by atoms with van der Waals surface area (Å²) in [6.07, 6.45) is 3.57. The number of rotatable bonds is 2. The average molecular weight is 293 g/mol. The van der Waals surface area contributed by atoms with E-state index in [2.05, 4.69) is 19.2 Å². The highest BCUT2D eigenvalue weighted by atomic mass is 19.1. The first kappa shape index (κ1) is 14.8. The maximum Gasteiger partial charge on any atom is 0.127 e. The van der Waals surface area contributed by atoms with Gasteiger partial charge in [-0.15, -0.1) is 0 Å². The van der Waals surface area contributed by atoms with Gasteiger partial charge in [-0.1, -0.05) is 13.0 Å². The third-order valence-corrected chi connectivity index (χ3v) is 5.05. The molecule has 1 aromatic rings. The lowest BCUT2D eigenvalue weighted by Gasteiger charge is -2.49. The van der Waals surface area contributed by atoms with Gasteiger partial charge < -0.3 is 14.8 Å². The molecular weight excluding hydrogens is 269 g/mol. The molecule has 2 aliphatic rings. The standard InChI is InChI=1S/C17H24FNO2/c1-4-16(2)11-17(7-8-20-16)10-14(19-3)13-6-5-12(18)9-15(13)21-17/h5-6,9,14,19H,4,7-8,10-11H2,1-3H3. The third-order valence-electron chi connectivity index (χ3n) is 5.05. The van der Waals surface area contributed by atoms with Crippen LogP contribution in [0.5, 0.6) is 5.75 Å². The highest BCUT2D eigenvalue weighted by Crippen LogP contribution is 2.47. The topological polar surface area (TPSA) is 30.5 Å². The summed E-state index contributed by atoms with van der Waals surface area (Å²) in [6, 6.07) is 5.05. The van der Waals surface area contributed by atoms with Crippen LogP contribution in [0.15, 0.2) is 18.2 Å². The molecule has 2 heterocycles. The molecule has 0 amide bonds. The van der Waals surface area contributed by atoms with E-state index in [1.165, 1.54) is 12.1 Å². The molecule has 3 atom stereocenters. The van der Waals surface area contributed by atoms with Gasteiger partial charge in [0, 0.05) is 36.9 Å². The minimum absolute atomic E-state index is 0.151. The zero-order chi connectivity index (χ0) is 15.1. The zero-order valence-electron chi connectivity index (χ0n) is 13.0. The number of nitrogens with one attached hydrogen (secondary N) is 1. The summed E-state index contributed by atoms with van der Waals surface area (Å²) < 4.78 is 25.8. The minimum atomic E-state index is -0.252. The summed E-state index contributed by atoms with van der Waals surface area (Å²) in [7, 11) is 1.95. The molecule has 0 bridgehead atoms. The molecule has 0 radical (unpaired) electrons. The van der Waals surface area contributed by atoms with Crippen LogP contribution in [0.25, 0.3) is 0 Å². The first-order valence-corrected chi connectivity index (χ1v) is 7.79. The Kier molecular flexibility index (Phi) is 3.70. The van der Waals surface area contributed by atoms with Crippen LogP contribution in [0.2, 0.25) is 0 Å². The molecule has 21 heavy (non-hydrogen) atoms. The van der Waals surface area contributed by atoms with E-state index in [1.54, 1.807) is 0 Å². The molecule has 4 heteroatoms. The highest BCUT2D eigenvalue weighted by Gasteiger charge is 2.48. The largest absolute Gasteiger partial charge is 0.487 e. The second kappa shape index (κ2) is 5.25. The van der Waals surface area contributed by atoms with Gasteiger partial charge in [0.15, 0.2) is 0 Å². The Labute approximate surface area is 125 Å². The summed E-state index contributed by atoms with van der Waals surface area (Å²) in [5.74, 6) is 0.437. The Bertz CT molecular complexity index is 536. The van der Waals surface area contributed by atoms with Gasteiger partial charge in [0.05, 0.1) is 12.2 Å². The van der Waals surface area contributed by atoms with Crippen LogP contribution in [0.1, 0.15) is 51.1 Å². The first-order chi connectivity index (χ1) is 9.99. The summed E-state index contributed by atoms with van der Waals surface area (Å²) in [6.45, 7) is 4.99. The third kappa shape index (κ3) is 2.67. The van der Waals surface area contributed by atoms with Gasteiger partial charge in [-0.3, -0.25) is 0 Å². The fraction of sp³-hybridized carbons (Fsp3) is 0.647. The highest BCUT2D eigenvalue weighted by molar-refractivity contribution is 5.39. The number of halogens is 1. The molecule has 1 spiro atoms. The smallest absolute Gasteiger partial charge is 0.127 e. The molecule has 1 fully saturated rings. The fourth-order valence-corrected chi connectivity index (χ4v) is 3.69. The van der Waals surface area contributed by atoms with Crippen molar-refractivity contribution in [2.24, 2.45) is 0 Å². The van der Waals surface area contributed by atoms with E-state index in [-0.39, 0.29) is 23.1 Å². The summed E-state index contributed by atoms with van der Waals surface area (Å²) in [4.78, 5) is 0. The van der Waals surface area contributed by atoms with Gasteiger partial charge in [-0.25, -0.2) is 4.39 Å². The van der Waals surface area contributed by atoms with Crippen LogP contribution in [0, 0.1) is 5.82 Å². The quantitative estimate of drug-likeness (QED) is 0.904. The van der Waals surface area contributed by atoms with Crippen molar-refractivity contribution in [2.45, 2.75) is 56.8 Å². The lowest BCUT2D eigenvalue weighted by Crippen LogP contribution is -2.53. The molecule has 0 saturated carbocycles. The fourth-order valence-electron chi connectivity index (χ4n) is 3.69. The molecule has 1 aromatic carbocycles. The predicted octanol–water partition coefficient (Wildman–Crippen LogP) is 3.59. The molecule has 1 saturated heterocycles. The van der Waals surface area contributed by atoms with Crippen molar-refractivity contribution in [1.29, 1.82) is 0 Å². The maximum atomic E-state index is 13.6. The van der Waals surface area contributed by atoms with Crippen LogP contribution in [0.4, 0.5) is 4.39 Å². The summed E-state index contributed by atoms with van der Waals surface area (Å²) in [5.41, 5.74) is 0.646. The van der Waals surface area contributed by atoms with Crippen LogP contribution < -0.4 is 10.1 Å². The number of fused-ring (bicyclic) bond motifs is 1. The van der Waals surface area contributed by atoms with Crippen molar-refractivity contribution in [3.8, 4) is 5.75 Å². The van der Waals surface area contributed by atoms with Gasteiger partial charge in [0.2, 0.25) is 0 Å². The van der Waals surface area contributed by atoms with E-state index >= 15 is 0 Å².